The molecule has 1 heteroatoms. The van der Waals surface area contributed by atoms with Crippen molar-refractivity contribution in [1.29, 1.82) is 0 Å². The third-order valence-corrected chi connectivity index (χ3v) is 3.06. The maximum absolute atomic E-state index is 11.6. The van der Waals surface area contributed by atoms with E-state index < -0.39 is 0 Å². The van der Waals surface area contributed by atoms with Crippen LogP contribution in [0, 0.1) is 5.92 Å². The average Bonchev–Trinajstić information content (AvgIpc) is 2.19. The molecule has 1 nitrogen and oxygen atoms in total. The van der Waals surface area contributed by atoms with E-state index in [1.165, 1.54) is 16.7 Å². The molecule has 0 aromatic heterocycles. The minimum absolute atomic E-state index is 0.203. The van der Waals surface area contributed by atoms with E-state index in [0.29, 0.717) is 12.3 Å². The lowest BCUT2D eigenvalue weighted by molar-refractivity contribution is -0.115. The second kappa shape index (κ2) is 4.25. The second-order valence-electron chi connectivity index (χ2n) is 5.08. The first-order valence-electron chi connectivity index (χ1n) is 5.88. The monoisotopic (exact) mass is 214 g/mol. The van der Waals surface area contributed by atoms with Crippen molar-refractivity contribution >= 4 is 5.78 Å². The summed E-state index contributed by atoms with van der Waals surface area (Å²) in [6.45, 7) is 8.24. The van der Waals surface area contributed by atoms with Crippen LogP contribution < -0.4 is 0 Å². The van der Waals surface area contributed by atoms with Crippen molar-refractivity contribution in [2.24, 2.45) is 5.92 Å². The number of benzene rings is 1. The summed E-state index contributed by atoms with van der Waals surface area (Å²) in [4.78, 5) is 11.6. The lowest BCUT2D eigenvalue weighted by atomic mass is 9.86. The highest BCUT2D eigenvalue weighted by Gasteiger charge is 2.18. The topological polar surface area (TPSA) is 17.1 Å². The van der Waals surface area contributed by atoms with E-state index in [-0.39, 0.29) is 5.78 Å². The van der Waals surface area contributed by atoms with Gasteiger partial charge >= 0.3 is 0 Å². The smallest absolute Gasteiger partial charge is 0.162 e. The summed E-state index contributed by atoms with van der Waals surface area (Å²) in [6, 6.07) is 6.53. The van der Waals surface area contributed by atoms with Gasteiger partial charge in [-0.3, -0.25) is 4.79 Å². The molecule has 1 aliphatic carbocycles. The molecule has 2 rings (SSSR count). The van der Waals surface area contributed by atoms with Gasteiger partial charge in [0, 0.05) is 12.8 Å². The fraction of sp³-hybridized carbons (Fsp3) is 0.400. The molecule has 0 radical (unpaired) electrons. The molecular formula is C15H18O. The van der Waals surface area contributed by atoms with Gasteiger partial charge in [-0.1, -0.05) is 38.6 Å². The average molecular weight is 214 g/mol. The SMILES string of the molecule is C=C1Cc2ccc(CC(C)C)cc2CC1=O. The molecule has 16 heavy (non-hydrogen) atoms. The number of allylic oxidation sites excluding steroid dienone is 1. The fourth-order valence-corrected chi connectivity index (χ4v) is 2.24. The number of hydrogen-bond donors (Lipinski definition) is 0. The first-order chi connectivity index (χ1) is 7.56. The van der Waals surface area contributed by atoms with Gasteiger partial charge in [0.2, 0.25) is 0 Å². The van der Waals surface area contributed by atoms with Crippen molar-refractivity contribution in [3.8, 4) is 0 Å². The van der Waals surface area contributed by atoms with Crippen molar-refractivity contribution in [2.45, 2.75) is 33.1 Å². The first kappa shape index (κ1) is 11.1. The number of ketones is 1. The lowest BCUT2D eigenvalue weighted by Crippen LogP contribution is -2.16. The number of Topliss-reactive ketones (excluding diaryl/α,β-unsaturated/α-hetero) is 1. The third kappa shape index (κ3) is 2.24. The summed E-state index contributed by atoms with van der Waals surface area (Å²) in [7, 11) is 0. The van der Waals surface area contributed by atoms with E-state index >= 15 is 0 Å². The summed E-state index contributed by atoms with van der Waals surface area (Å²) >= 11 is 0. The van der Waals surface area contributed by atoms with Gasteiger partial charge in [0.15, 0.2) is 5.78 Å². The molecule has 0 aliphatic heterocycles. The Morgan fingerprint density at radius 1 is 1.25 bits per heavy atom. The Labute approximate surface area is 97.2 Å². The van der Waals surface area contributed by atoms with Gasteiger partial charge in [0.1, 0.15) is 0 Å². The van der Waals surface area contributed by atoms with Crippen LogP contribution in [-0.2, 0) is 24.1 Å². The molecule has 0 fully saturated rings. The zero-order valence-corrected chi connectivity index (χ0v) is 10.0. The van der Waals surface area contributed by atoms with Gasteiger partial charge in [-0.05, 0) is 34.6 Å². The van der Waals surface area contributed by atoms with E-state index in [4.69, 9.17) is 0 Å². The van der Waals surface area contributed by atoms with Gasteiger partial charge in [0.05, 0.1) is 0 Å². The van der Waals surface area contributed by atoms with Crippen LogP contribution in [0.2, 0.25) is 0 Å². The van der Waals surface area contributed by atoms with Crippen LogP contribution in [-0.4, -0.2) is 5.78 Å². The standard InChI is InChI=1S/C15H18O/c1-10(2)6-12-4-5-13-7-11(3)15(16)9-14(13)8-12/h4-5,8,10H,3,6-7,9H2,1-2H3. The summed E-state index contributed by atoms with van der Waals surface area (Å²) in [6.07, 6.45) is 2.36. The highest BCUT2D eigenvalue weighted by molar-refractivity contribution is 5.98. The summed E-state index contributed by atoms with van der Waals surface area (Å²) in [5.74, 6) is 0.863. The maximum atomic E-state index is 11.6. The van der Waals surface area contributed by atoms with Gasteiger partial charge in [-0.2, -0.15) is 0 Å². The third-order valence-electron chi connectivity index (χ3n) is 3.06. The second-order valence-corrected chi connectivity index (χ2v) is 5.08. The van der Waals surface area contributed by atoms with Crippen LogP contribution in [0.1, 0.15) is 30.5 Å². The van der Waals surface area contributed by atoms with Crippen molar-refractivity contribution in [3.63, 3.8) is 0 Å². The Hall–Kier alpha value is -1.37. The van der Waals surface area contributed by atoms with Crippen LogP contribution >= 0.6 is 0 Å². The molecule has 84 valence electrons. The molecule has 0 spiro atoms. The molecular weight excluding hydrogens is 196 g/mol. The number of hydrogen-bond acceptors (Lipinski definition) is 1. The highest BCUT2D eigenvalue weighted by atomic mass is 16.1. The maximum Gasteiger partial charge on any atom is 0.162 e. The molecule has 0 saturated carbocycles. The van der Waals surface area contributed by atoms with Crippen LogP contribution in [0.25, 0.3) is 0 Å². The van der Waals surface area contributed by atoms with Gasteiger partial charge in [-0.15, -0.1) is 0 Å². The number of carbonyl (C=O) groups excluding carboxylic acids is 1. The predicted octanol–water partition coefficient (Wildman–Crippen LogP) is 3.11. The Balaban J connectivity index is 2.29. The van der Waals surface area contributed by atoms with E-state index in [1.54, 1.807) is 0 Å². The molecule has 1 aromatic carbocycles. The Morgan fingerprint density at radius 3 is 2.69 bits per heavy atom. The molecule has 0 saturated heterocycles. The highest BCUT2D eigenvalue weighted by Crippen LogP contribution is 2.23. The molecule has 0 bridgehead atoms. The van der Waals surface area contributed by atoms with Crippen molar-refractivity contribution < 1.29 is 4.79 Å². The number of fused-ring (bicyclic) bond motifs is 1. The molecule has 0 N–H and O–H groups in total. The minimum Gasteiger partial charge on any atom is -0.294 e. The quantitative estimate of drug-likeness (QED) is 0.691. The largest absolute Gasteiger partial charge is 0.294 e. The number of carbonyl (C=O) groups is 1. The normalized spacial score (nSPS) is 15.4. The van der Waals surface area contributed by atoms with Crippen molar-refractivity contribution in [2.75, 3.05) is 0 Å². The Bertz CT molecular complexity index is 441. The summed E-state index contributed by atoms with van der Waals surface area (Å²) < 4.78 is 0. The predicted molar refractivity (Wildman–Crippen MR) is 66.5 cm³/mol. The van der Waals surface area contributed by atoms with Crippen LogP contribution in [0.15, 0.2) is 30.4 Å². The van der Waals surface area contributed by atoms with E-state index in [2.05, 4.69) is 38.6 Å². The van der Waals surface area contributed by atoms with Gasteiger partial charge in [0.25, 0.3) is 0 Å². The lowest BCUT2D eigenvalue weighted by Gasteiger charge is -2.18. The molecule has 0 heterocycles. The molecule has 0 amide bonds. The van der Waals surface area contributed by atoms with Crippen molar-refractivity contribution in [1.82, 2.24) is 0 Å². The summed E-state index contributed by atoms with van der Waals surface area (Å²) in [5.41, 5.74) is 4.57. The first-order valence-corrected chi connectivity index (χ1v) is 5.88. The zero-order valence-electron chi connectivity index (χ0n) is 10.0. The van der Waals surface area contributed by atoms with Crippen LogP contribution in [0.3, 0.4) is 0 Å². The molecule has 1 aliphatic rings. The molecule has 0 unspecified atom stereocenters. The zero-order chi connectivity index (χ0) is 11.7. The van der Waals surface area contributed by atoms with E-state index in [9.17, 15) is 4.79 Å². The Morgan fingerprint density at radius 2 is 2.00 bits per heavy atom. The Kier molecular flexibility index (Phi) is 2.95. The van der Waals surface area contributed by atoms with E-state index in [0.717, 1.165) is 18.4 Å². The fourth-order valence-electron chi connectivity index (χ4n) is 2.24. The number of rotatable bonds is 2. The van der Waals surface area contributed by atoms with Crippen LogP contribution in [0.4, 0.5) is 0 Å². The van der Waals surface area contributed by atoms with Gasteiger partial charge < -0.3 is 0 Å². The minimum atomic E-state index is 0.203. The van der Waals surface area contributed by atoms with Crippen molar-refractivity contribution in [3.05, 3.63) is 47.0 Å². The molecule has 1 aromatic rings. The van der Waals surface area contributed by atoms with Gasteiger partial charge in [-0.25, -0.2) is 0 Å². The van der Waals surface area contributed by atoms with Crippen LogP contribution in [0.5, 0.6) is 0 Å². The molecule has 0 atom stereocenters. The van der Waals surface area contributed by atoms with E-state index in [1.807, 2.05) is 0 Å². The summed E-state index contributed by atoms with van der Waals surface area (Å²) in [5, 5.41) is 0.